The number of nitrogens with one attached hydrogen (secondary N) is 1. The highest BCUT2D eigenvalue weighted by molar-refractivity contribution is 5.79. The number of carbonyl (C=O) groups is 1. The van der Waals surface area contributed by atoms with Crippen LogP contribution in [0.2, 0.25) is 0 Å². The Hall–Kier alpha value is -0.990. The lowest BCUT2D eigenvalue weighted by Crippen LogP contribution is -2.39. The number of carboxylic acid groups (broad SMARTS) is 1. The number of hydrogen-bond donors (Lipinski definition) is 2. The van der Waals surface area contributed by atoms with Crippen molar-refractivity contribution in [1.29, 1.82) is 0 Å². The minimum Gasteiger partial charge on any atom is -0.478 e. The number of aliphatic carboxylic acids is 1. The predicted octanol–water partition coefficient (Wildman–Crippen LogP) is 2.39. The second-order valence-corrected chi connectivity index (χ2v) is 5.44. The molecule has 0 radical (unpaired) electrons. The third-order valence-electron chi connectivity index (χ3n) is 1.67. The largest absolute Gasteiger partial charge is 0.478 e. The van der Waals surface area contributed by atoms with Gasteiger partial charge in [-0.1, -0.05) is 20.8 Å². The molecule has 0 aromatic carbocycles. The topological polar surface area (TPSA) is 49.3 Å². The summed E-state index contributed by atoms with van der Waals surface area (Å²) in [6.45, 7) is 10.6. The molecule has 3 heteroatoms. The molecule has 0 aliphatic carbocycles. The van der Waals surface area contributed by atoms with E-state index in [1.54, 1.807) is 0 Å². The second kappa shape index (κ2) is 4.49. The van der Waals surface area contributed by atoms with Crippen LogP contribution < -0.4 is 5.32 Å². The minimum atomic E-state index is -0.927. The maximum atomic E-state index is 10.2. The van der Waals surface area contributed by atoms with Crippen molar-refractivity contribution in [3.05, 3.63) is 12.3 Å². The Balaban J connectivity index is 4.14. The van der Waals surface area contributed by atoms with E-state index in [4.69, 9.17) is 5.11 Å². The smallest absolute Gasteiger partial charge is 0.329 e. The molecule has 0 saturated carbocycles. The second-order valence-electron chi connectivity index (χ2n) is 5.44. The third kappa shape index (κ3) is 7.65. The highest BCUT2D eigenvalue weighted by atomic mass is 16.4. The summed E-state index contributed by atoms with van der Waals surface area (Å²) in [5.41, 5.74) is 0.151. The Labute approximate surface area is 86.2 Å². The predicted molar refractivity (Wildman–Crippen MR) is 58.1 cm³/mol. The van der Waals surface area contributed by atoms with Crippen molar-refractivity contribution in [2.75, 3.05) is 0 Å². The van der Waals surface area contributed by atoms with Gasteiger partial charge in [-0.15, -0.1) is 0 Å². The highest BCUT2D eigenvalue weighted by Gasteiger charge is 2.23. The zero-order chi connectivity index (χ0) is 11.4. The van der Waals surface area contributed by atoms with Crippen LogP contribution in [-0.4, -0.2) is 16.6 Å². The summed E-state index contributed by atoms with van der Waals surface area (Å²) in [4.78, 5) is 10.2. The molecule has 0 amide bonds. The van der Waals surface area contributed by atoms with Crippen LogP contribution in [0.1, 0.15) is 41.0 Å². The van der Waals surface area contributed by atoms with Gasteiger partial charge in [0, 0.05) is 17.8 Å². The molecule has 0 unspecified atom stereocenters. The summed E-state index contributed by atoms with van der Waals surface area (Å²) < 4.78 is 0. The fourth-order valence-electron chi connectivity index (χ4n) is 1.72. The summed E-state index contributed by atoms with van der Waals surface area (Å²) in [7, 11) is 0. The SMILES string of the molecule is CC(C)(C)CC(C)(C)N/C=C/C(=O)O. The first kappa shape index (κ1) is 13.0. The molecule has 0 fully saturated rings. The number of hydrogen-bond acceptors (Lipinski definition) is 2. The fourth-order valence-corrected chi connectivity index (χ4v) is 1.72. The monoisotopic (exact) mass is 199 g/mol. The summed E-state index contributed by atoms with van der Waals surface area (Å²) in [5.74, 6) is -0.927. The molecule has 0 aromatic heterocycles. The molecule has 2 N–H and O–H groups in total. The van der Waals surface area contributed by atoms with E-state index in [1.807, 2.05) is 0 Å². The summed E-state index contributed by atoms with van der Waals surface area (Å²) in [5, 5.41) is 11.5. The van der Waals surface area contributed by atoms with E-state index in [2.05, 4.69) is 39.9 Å². The standard InChI is InChI=1S/C11H21NO2/c1-10(2,3)8-11(4,5)12-7-6-9(13)14/h6-7,12H,8H2,1-5H3,(H,13,14)/b7-6+. The molecular weight excluding hydrogens is 178 g/mol. The average Bonchev–Trinajstić information content (AvgIpc) is 1.78. The zero-order valence-electron chi connectivity index (χ0n) is 9.72. The number of rotatable bonds is 4. The summed E-state index contributed by atoms with van der Waals surface area (Å²) in [6, 6.07) is 0. The quantitative estimate of drug-likeness (QED) is 0.683. The molecule has 3 nitrogen and oxygen atoms in total. The maximum Gasteiger partial charge on any atom is 0.329 e. The van der Waals surface area contributed by atoms with Crippen LogP contribution in [0.25, 0.3) is 0 Å². The first-order chi connectivity index (χ1) is 6.12. The van der Waals surface area contributed by atoms with Gasteiger partial charge in [0.1, 0.15) is 0 Å². The molecule has 0 rings (SSSR count). The molecule has 0 saturated heterocycles. The van der Waals surface area contributed by atoms with E-state index >= 15 is 0 Å². The van der Waals surface area contributed by atoms with Crippen molar-refractivity contribution in [2.45, 2.75) is 46.6 Å². The van der Waals surface area contributed by atoms with E-state index in [-0.39, 0.29) is 11.0 Å². The van der Waals surface area contributed by atoms with Gasteiger partial charge in [-0.25, -0.2) is 4.79 Å². The maximum absolute atomic E-state index is 10.2. The normalized spacial score (nSPS) is 13.2. The van der Waals surface area contributed by atoms with Crippen LogP contribution >= 0.6 is 0 Å². The van der Waals surface area contributed by atoms with E-state index in [1.165, 1.54) is 6.20 Å². The molecule has 0 aliphatic rings. The van der Waals surface area contributed by atoms with Crippen molar-refractivity contribution in [3.8, 4) is 0 Å². The van der Waals surface area contributed by atoms with Gasteiger partial charge in [-0.2, -0.15) is 0 Å². The van der Waals surface area contributed by atoms with Gasteiger partial charge < -0.3 is 10.4 Å². The van der Waals surface area contributed by atoms with Crippen molar-refractivity contribution < 1.29 is 9.90 Å². The minimum absolute atomic E-state index is 0.0792. The van der Waals surface area contributed by atoms with E-state index in [0.717, 1.165) is 12.5 Å². The van der Waals surface area contributed by atoms with Gasteiger partial charge in [0.15, 0.2) is 0 Å². The molecule has 0 heterocycles. The lowest BCUT2D eigenvalue weighted by atomic mass is 9.82. The molecule has 14 heavy (non-hydrogen) atoms. The Morgan fingerprint density at radius 3 is 2.14 bits per heavy atom. The van der Waals surface area contributed by atoms with Crippen LogP contribution in [-0.2, 0) is 4.79 Å². The highest BCUT2D eigenvalue weighted by Crippen LogP contribution is 2.26. The Kier molecular flexibility index (Phi) is 4.17. The van der Waals surface area contributed by atoms with Gasteiger partial charge in [-0.3, -0.25) is 0 Å². The molecule has 82 valence electrons. The molecule has 0 atom stereocenters. The number of carboxylic acids is 1. The van der Waals surface area contributed by atoms with Crippen LogP contribution in [0.3, 0.4) is 0 Å². The summed E-state index contributed by atoms with van der Waals surface area (Å²) in [6.07, 6.45) is 3.59. The lowest BCUT2D eigenvalue weighted by Gasteiger charge is -2.32. The first-order valence-electron chi connectivity index (χ1n) is 4.80. The molecule has 0 aliphatic heterocycles. The van der Waals surface area contributed by atoms with E-state index < -0.39 is 5.97 Å². The molecule has 0 aromatic rings. The zero-order valence-corrected chi connectivity index (χ0v) is 9.72. The molecule has 0 spiro atoms. The Morgan fingerprint density at radius 2 is 1.79 bits per heavy atom. The average molecular weight is 199 g/mol. The molecular formula is C11H21NO2. The van der Waals surface area contributed by atoms with Crippen molar-refractivity contribution in [1.82, 2.24) is 5.32 Å². The lowest BCUT2D eigenvalue weighted by molar-refractivity contribution is -0.131. The van der Waals surface area contributed by atoms with Crippen molar-refractivity contribution in [2.24, 2.45) is 5.41 Å². The van der Waals surface area contributed by atoms with Gasteiger partial charge in [0.25, 0.3) is 0 Å². The Morgan fingerprint density at radius 1 is 1.29 bits per heavy atom. The Bertz CT molecular complexity index is 224. The van der Waals surface area contributed by atoms with Crippen LogP contribution in [0.5, 0.6) is 0 Å². The van der Waals surface area contributed by atoms with Gasteiger partial charge in [-0.05, 0) is 25.7 Å². The van der Waals surface area contributed by atoms with Gasteiger partial charge in [0.2, 0.25) is 0 Å². The van der Waals surface area contributed by atoms with Crippen LogP contribution in [0.4, 0.5) is 0 Å². The first-order valence-corrected chi connectivity index (χ1v) is 4.80. The summed E-state index contributed by atoms with van der Waals surface area (Å²) >= 11 is 0. The van der Waals surface area contributed by atoms with Crippen molar-refractivity contribution >= 4 is 5.97 Å². The van der Waals surface area contributed by atoms with E-state index in [0.29, 0.717) is 0 Å². The van der Waals surface area contributed by atoms with E-state index in [9.17, 15) is 4.79 Å². The fraction of sp³-hybridized carbons (Fsp3) is 0.727. The van der Waals surface area contributed by atoms with Crippen molar-refractivity contribution in [3.63, 3.8) is 0 Å². The van der Waals surface area contributed by atoms with Gasteiger partial charge >= 0.3 is 5.97 Å². The van der Waals surface area contributed by atoms with Crippen LogP contribution in [0.15, 0.2) is 12.3 Å². The third-order valence-corrected chi connectivity index (χ3v) is 1.67. The molecule has 0 bridgehead atoms. The van der Waals surface area contributed by atoms with Crippen LogP contribution in [0, 0.1) is 5.41 Å². The van der Waals surface area contributed by atoms with Gasteiger partial charge in [0.05, 0.1) is 0 Å².